The molecular formula is C6H6Br4N2. The third kappa shape index (κ3) is 2.70. The van der Waals surface area contributed by atoms with Crippen molar-refractivity contribution >= 4 is 70.5 Å². The van der Waals surface area contributed by atoms with Crippen LogP contribution in [0, 0.1) is 0 Å². The van der Waals surface area contributed by atoms with Gasteiger partial charge in [0.25, 0.3) is 0 Å². The lowest BCUT2D eigenvalue weighted by molar-refractivity contribution is 1.33. The van der Waals surface area contributed by atoms with Crippen molar-refractivity contribution in [1.29, 1.82) is 0 Å². The van der Waals surface area contributed by atoms with Gasteiger partial charge in [0.1, 0.15) is 0 Å². The van der Waals surface area contributed by atoms with Crippen LogP contribution in [0.4, 0.5) is 5.69 Å². The predicted molar refractivity (Wildman–Crippen MR) is 67.7 cm³/mol. The molecule has 0 aliphatic carbocycles. The Kier molecular flexibility index (Phi) is 6.01. The Balaban J connectivity index is 0.00000121. The zero-order valence-corrected chi connectivity index (χ0v) is 12.2. The normalized spacial score (nSPS) is 9.00. The van der Waals surface area contributed by atoms with E-state index in [1.54, 1.807) is 0 Å². The quantitative estimate of drug-likeness (QED) is 0.408. The zero-order chi connectivity index (χ0) is 8.43. The summed E-state index contributed by atoms with van der Waals surface area (Å²) in [6.07, 6.45) is 0. The van der Waals surface area contributed by atoms with E-state index in [0.717, 1.165) is 19.1 Å². The molecule has 3 N–H and O–H groups in total. The van der Waals surface area contributed by atoms with Crippen molar-refractivity contribution in [1.82, 2.24) is 0 Å². The van der Waals surface area contributed by atoms with Gasteiger partial charge in [0, 0.05) is 8.95 Å². The minimum absolute atomic E-state index is 0. The number of anilines is 1. The number of hydrogen-bond donors (Lipinski definition) is 2. The second-order valence-corrected chi connectivity index (χ2v) is 4.31. The number of benzene rings is 1. The van der Waals surface area contributed by atoms with Gasteiger partial charge in [-0.1, -0.05) is 0 Å². The molecular weight excluding hydrogens is 420 g/mol. The molecule has 68 valence electrons. The van der Waals surface area contributed by atoms with Crippen molar-refractivity contribution < 1.29 is 0 Å². The minimum atomic E-state index is 0. The fraction of sp³-hybridized carbons (Fsp3) is 0. The molecule has 2 nitrogen and oxygen atoms in total. The molecule has 0 heterocycles. The van der Waals surface area contributed by atoms with Gasteiger partial charge >= 0.3 is 0 Å². The molecule has 0 unspecified atom stereocenters. The summed E-state index contributed by atoms with van der Waals surface area (Å²) >= 11 is 10.1. The number of halogens is 4. The summed E-state index contributed by atoms with van der Waals surface area (Å²) < 4.78 is 2.85. The molecule has 1 rings (SSSR count). The molecule has 12 heavy (non-hydrogen) atoms. The maximum atomic E-state index is 5.25. The third-order valence-electron chi connectivity index (χ3n) is 1.19. The van der Waals surface area contributed by atoms with Gasteiger partial charge < -0.3 is 5.43 Å². The molecule has 0 spiro atoms. The van der Waals surface area contributed by atoms with E-state index in [4.69, 9.17) is 5.84 Å². The molecule has 0 saturated carbocycles. The average Bonchev–Trinajstić information content (AvgIpc) is 2.01. The van der Waals surface area contributed by atoms with Crippen LogP contribution in [-0.2, 0) is 0 Å². The van der Waals surface area contributed by atoms with E-state index in [2.05, 4.69) is 53.2 Å². The summed E-state index contributed by atoms with van der Waals surface area (Å²) in [4.78, 5) is 0. The van der Waals surface area contributed by atoms with E-state index in [-0.39, 0.29) is 17.0 Å². The molecule has 0 saturated heterocycles. The second kappa shape index (κ2) is 5.59. The van der Waals surface area contributed by atoms with Crippen LogP contribution in [0.2, 0.25) is 0 Å². The molecule has 6 heteroatoms. The molecule has 0 aliphatic rings. The summed E-state index contributed by atoms with van der Waals surface area (Å²) in [6.45, 7) is 0. The lowest BCUT2D eigenvalue weighted by Gasteiger charge is -2.05. The van der Waals surface area contributed by atoms with Crippen molar-refractivity contribution in [3.05, 3.63) is 25.6 Å². The standard InChI is InChI=1S/C6H5Br3N2.BrH/c7-3-1-2-4(11-10)6(9)5(3)8;/h1-2,11H,10H2;1H. The number of hydrazine groups is 1. The van der Waals surface area contributed by atoms with Crippen LogP contribution < -0.4 is 11.3 Å². The van der Waals surface area contributed by atoms with Crippen LogP contribution in [0.1, 0.15) is 0 Å². The largest absolute Gasteiger partial charge is 0.323 e. The topological polar surface area (TPSA) is 38.0 Å². The van der Waals surface area contributed by atoms with E-state index in [1.807, 2.05) is 12.1 Å². The highest BCUT2D eigenvalue weighted by Gasteiger charge is 2.05. The SMILES string of the molecule is Br.NNc1ccc(Br)c(Br)c1Br. The first kappa shape index (κ1) is 12.9. The third-order valence-corrected chi connectivity index (χ3v) is 4.56. The van der Waals surface area contributed by atoms with Gasteiger partial charge in [-0.25, -0.2) is 0 Å². The summed E-state index contributed by atoms with van der Waals surface area (Å²) in [6, 6.07) is 3.78. The van der Waals surface area contributed by atoms with Gasteiger partial charge in [0.15, 0.2) is 0 Å². The number of nitrogens with two attached hydrogens (primary N) is 1. The molecule has 0 amide bonds. The van der Waals surface area contributed by atoms with Gasteiger partial charge in [0.05, 0.1) is 10.2 Å². The minimum Gasteiger partial charge on any atom is -0.323 e. The number of nitrogen functional groups attached to an aromatic ring is 1. The van der Waals surface area contributed by atoms with Crippen LogP contribution in [0.3, 0.4) is 0 Å². The highest BCUT2D eigenvalue weighted by atomic mass is 79.9. The summed E-state index contributed by atoms with van der Waals surface area (Å²) in [7, 11) is 0. The lowest BCUT2D eigenvalue weighted by Crippen LogP contribution is -2.07. The van der Waals surface area contributed by atoms with Gasteiger partial charge in [0.2, 0.25) is 0 Å². The van der Waals surface area contributed by atoms with E-state index >= 15 is 0 Å². The fourth-order valence-electron chi connectivity index (χ4n) is 0.637. The van der Waals surface area contributed by atoms with Gasteiger partial charge in [-0.2, -0.15) is 0 Å². The maximum absolute atomic E-state index is 5.25. The molecule has 0 fully saturated rings. The van der Waals surface area contributed by atoms with Crippen LogP contribution in [-0.4, -0.2) is 0 Å². The van der Waals surface area contributed by atoms with Gasteiger partial charge in [-0.05, 0) is 59.9 Å². The Bertz CT molecular complexity index is 276. The van der Waals surface area contributed by atoms with Gasteiger partial charge in [-0.15, -0.1) is 17.0 Å². The summed E-state index contributed by atoms with van der Waals surface area (Å²) in [5.41, 5.74) is 3.41. The van der Waals surface area contributed by atoms with Crippen molar-refractivity contribution in [2.24, 2.45) is 5.84 Å². The molecule has 0 aliphatic heterocycles. The highest BCUT2D eigenvalue weighted by Crippen LogP contribution is 2.35. The van der Waals surface area contributed by atoms with E-state index in [9.17, 15) is 0 Å². The maximum Gasteiger partial charge on any atom is 0.0639 e. The number of hydrogen-bond acceptors (Lipinski definition) is 2. The zero-order valence-electron chi connectivity index (χ0n) is 5.77. The molecule has 0 atom stereocenters. The fourth-order valence-corrected chi connectivity index (χ4v) is 2.04. The lowest BCUT2D eigenvalue weighted by atomic mass is 10.3. The van der Waals surface area contributed by atoms with E-state index in [1.165, 1.54) is 0 Å². The summed E-state index contributed by atoms with van der Waals surface area (Å²) in [5, 5.41) is 0. The Morgan fingerprint density at radius 3 is 2.17 bits per heavy atom. The molecule has 1 aromatic carbocycles. The molecule has 0 bridgehead atoms. The predicted octanol–water partition coefficient (Wildman–Crippen LogP) is 3.84. The van der Waals surface area contributed by atoms with Crippen LogP contribution in [0.15, 0.2) is 25.6 Å². The smallest absolute Gasteiger partial charge is 0.0639 e. The van der Waals surface area contributed by atoms with E-state index in [0.29, 0.717) is 0 Å². The monoisotopic (exact) mass is 422 g/mol. The molecule has 0 aromatic heterocycles. The Morgan fingerprint density at radius 2 is 1.67 bits per heavy atom. The van der Waals surface area contributed by atoms with E-state index < -0.39 is 0 Å². The summed E-state index contributed by atoms with van der Waals surface area (Å²) in [5.74, 6) is 5.25. The van der Waals surface area contributed by atoms with Gasteiger partial charge in [-0.3, -0.25) is 5.84 Å². The Morgan fingerprint density at radius 1 is 1.08 bits per heavy atom. The van der Waals surface area contributed by atoms with Crippen molar-refractivity contribution in [2.45, 2.75) is 0 Å². The first-order chi connectivity index (χ1) is 5.16. The van der Waals surface area contributed by atoms with Crippen molar-refractivity contribution in [3.63, 3.8) is 0 Å². The highest BCUT2D eigenvalue weighted by molar-refractivity contribution is 9.14. The van der Waals surface area contributed by atoms with Crippen molar-refractivity contribution in [3.8, 4) is 0 Å². The van der Waals surface area contributed by atoms with Crippen LogP contribution in [0.25, 0.3) is 0 Å². The van der Waals surface area contributed by atoms with Crippen LogP contribution >= 0.6 is 64.8 Å². The number of nitrogens with one attached hydrogen (secondary N) is 1. The molecule has 0 radical (unpaired) electrons. The Labute approximate surface area is 106 Å². The first-order valence-electron chi connectivity index (χ1n) is 2.77. The second-order valence-electron chi connectivity index (χ2n) is 1.87. The number of rotatable bonds is 1. The molecule has 1 aromatic rings. The van der Waals surface area contributed by atoms with Crippen LogP contribution in [0.5, 0.6) is 0 Å². The van der Waals surface area contributed by atoms with Crippen molar-refractivity contribution in [2.75, 3.05) is 5.43 Å². The Hall–Kier alpha value is 0.900. The first-order valence-corrected chi connectivity index (χ1v) is 5.15. The average molecular weight is 426 g/mol.